The SMILES string of the molecule is COCc1nc(C)c(C(=O)NC2C3CCC(C3)C2CO)s1. The molecule has 2 aliphatic rings. The monoisotopic (exact) mass is 310 g/mol. The van der Waals surface area contributed by atoms with Gasteiger partial charge in [-0.3, -0.25) is 4.79 Å². The number of nitrogens with zero attached hydrogens (tertiary/aromatic N) is 1. The van der Waals surface area contributed by atoms with Crippen LogP contribution in [-0.4, -0.2) is 35.8 Å². The number of carbonyl (C=O) groups is 1. The Kier molecular flexibility index (Phi) is 4.28. The van der Waals surface area contributed by atoms with E-state index in [0.717, 1.165) is 17.1 Å². The van der Waals surface area contributed by atoms with Gasteiger partial charge in [-0.15, -0.1) is 11.3 Å². The van der Waals surface area contributed by atoms with Gasteiger partial charge in [0.2, 0.25) is 0 Å². The zero-order valence-electron chi connectivity index (χ0n) is 12.5. The number of hydrogen-bond donors (Lipinski definition) is 2. The Morgan fingerprint density at radius 2 is 2.24 bits per heavy atom. The van der Waals surface area contributed by atoms with Crippen LogP contribution in [0.3, 0.4) is 0 Å². The minimum atomic E-state index is -0.0525. The molecular formula is C15H22N2O3S. The summed E-state index contributed by atoms with van der Waals surface area (Å²) in [5.41, 5.74) is 0.758. The molecule has 0 radical (unpaired) electrons. The first-order chi connectivity index (χ1) is 10.1. The van der Waals surface area contributed by atoms with Crippen LogP contribution in [0.4, 0.5) is 0 Å². The van der Waals surface area contributed by atoms with Gasteiger partial charge in [-0.2, -0.15) is 0 Å². The fourth-order valence-electron chi connectivity index (χ4n) is 3.96. The second kappa shape index (κ2) is 6.02. The van der Waals surface area contributed by atoms with Crippen molar-refractivity contribution in [3.05, 3.63) is 15.6 Å². The van der Waals surface area contributed by atoms with Crippen LogP contribution in [0.2, 0.25) is 0 Å². The van der Waals surface area contributed by atoms with Crippen molar-refractivity contribution in [1.29, 1.82) is 0 Å². The molecular weight excluding hydrogens is 288 g/mol. The molecule has 1 amide bonds. The second-order valence-corrected chi connectivity index (χ2v) is 7.22. The van der Waals surface area contributed by atoms with Gasteiger partial charge in [0.1, 0.15) is 9.88 Å². The molecule has 1 aromatic rings. The van der Waals surface area contributed by atoms with Crippen molar-refractivity contribution in [3.63, 3.8) is 0 Å². The molecule has 0 spiro atoms. The molecule has 4 unspecified atom stereocenters. The predicted molar refractivity (Wildman–Crippen MR) is 80.2 cm³/mol. The van der Waals surface area contributed by atoms with Crippen molar-refractivity contribution in [1.82, 2.24) is 10.3 Å². The molecule has 0 aromatic carbocycles. The van der Waals surface area contributed by atoms with Crippen molar-refractivity contribution >= 4 is 17.2 Å². The molecule has 4 atom stereocenters. The third-order valence-corrected chi connectivity index (χ3v) is 6.04. The zero-order valence-corrected chi connectivity index (χ0v) is 13.3. The number of carbonyl (C=O) groups excluding carboxylic acids is 1. The van der Waals surface area contributed by atoms with Crippen molar-refractivity contribution < 1.29 is 14.6 Å². The standard InChI is InChI=1S/C15H22N2O3S/c1-8-14(21-12(16-8)7-20-2)15(19)17-13-10-4-3-9(5-10)11(13)6-18/h9-11,13,18H,3-7H2,1-2H3,(H,17,19). The molecule has 1 aromatic heterocycles. The normalized spacial score (nSPS) is 30.8. The maximum Gasteiger partial charge on any atom is 0.263 e. The van der Waals surface area contributed by atoms with Gasteiger partial charge >= 0.3 is 0 Å². The van der Waals surface area contributed by atoms with E-state index in [9.17, 15) is 9.90 Å². The van der Waals surface area contributed by atoms with E-state index in [1.54, 1.807) is 7.11 Å². The summed E-state index contributed by atoms with van der Waals surface area (Å²) in [5, 5.41) is 13.6. The number of ether oxygens (including phenoxy) is 1. The summed E-state index contributed by atoms with van der Waals surface area (Å²) in [4.78, 5) is 17.5. The van der Waals surface area contributed by atoms with Crippen LogP contribution < -0.4 is 5.32 Å². The maximum atomic E-state index is 12.5. The number of nitrogens with one attached hydrogen (secondary N) is 1. The van der Waals surface area contributed by atoms with Gasteiger partial charge in [0.15, 0.2) is 0 Å². The molecule has 2 bridgehead atoms. The lowest BCUT2D eigenvalue weighted by Crippen LogP contribution is -2.45. The van der Waals surface area contributed by atoms with Crippen molar-refractivity contribution in [2.75, 3.05) is 13.7 Å². The van der Waals surface area contributed by atoms with Crippen LogP contribution in [0.25, 0.3) is 0 Å². The van der Waals surface area contributed by atoms with Gasteiger partial charge in [-0.05, 0) is 38.0 Å². The lowest BCUT2D eigenvalue weighted by molar-refractivity contribution is 0.0865. The Morgan fingerprint density at radius 3 is 2.95 bits per heavy atom. The number of amides is 1. The molecule has 0 saturated heterocycles. The molecule has 21 heavy (non-hydrogen) atoms. The molecule has 2 fully saturated rings. The molecule has 0 aliphatic heterocycles. The number of hydrogen-bond acceptors (Lipinski definition) is 5. The van der Waals surface area contributed by atoms with E-state index in [0.29, 0.717) is 23.3 Å². The Hall–Kier alpha value is -0.980. The topological polar surface area (TPSA) is 71.5 Å². The number of aryl methyl sites for hydroxylation is 1. The smallest absolute Gasteiger partial charge is 0.263 e. The molecule has 3 rings (SSSR count). The van der Waals surface area contributed by atoms with E-state index in [-0.39, 0.29) is 24.5 Å². The van der Waals surface area contributed by atoms with Crippen LogP contribution in [0.15, 0.2) is 0 Å². The average Bonchev–Trinajstić information content (AvgIpc) is 3.13. The summed E-state index contributed by atoms with van der Waals surface area (Å²) in [6.07, 6.45) is 3.51. The summed E-state index contributed by atoms with van der Waals surface area (Å²) in [7, 11) is 1.62. The molecule has 116 valence electrons. The lowest BCUT2D eigenvalue weighted by atomic mass is 9.85. The fraction of sp³-hybridized carbons (Fsp3) is 0.733. The molecule has 2 N–H and O–H groups in total. The van der Waals surface area contributed by atoms with Crippen LogP contribution in [0, 0.1) is 24.7 Å². The van der Waals surface area contributed by atoms with Gasteiger partial charge in [-0.25, -0.2) is 4.98 Å². The number of aliphatic hydroxyl groups is 1. The van der Waals surface area contributed by atoms with E-state index < -0.39 is 0 Å². The Morgan fingerprint density at radius 1 is 1.48 bits per heavy atom. The minimum Gasteiger partial charge on any atom is -0.396 e. The number of thiazole rings is 1. The third kappa shape index (κ3) is 2.72. The second-order valence-electron chi connectivity index (χ2n) is 6.13. The van der Waals surface area contributed by atoms with Crippen molar-refractivity contribution in [3.8, 4) is 0 Å². The van der Waals surface area contributed by atoms with Gasteiger partial charge in [-0.1, -0.05) is 0 Å². The van der Waals surface area contributed by atoms with E-state index in [1.807, 2.05) is 6.92 Å². The first kappa shape index (κ1) is 14.9. The molecule has 5 nitrogen and oxygen atoms in total. The van der Waals surface area contributed by atoms with Crippen LogP contribution in [-0.2, 0) is 11.3 Å². The summed E-state index contributed by atoms with van der Waals surface area (Å²) < 4.78 is 5.07. The van der Waals surface area contributed by atoms with Crippen LogP contribution in [0.5, 0.6) is 0 Å². The van der Waals surface area contributed by atoms with Crippen molar-refractivity contribution in [2.45, 2.75) is 38.8 Å². The Labute approximate surface area is 128 Å². The fourth-order valence-corrected chi connectivity index (χ4v) is 4.90. The highest BCUT2D eigenvalue weighted by Crippen LogP contribution is 2.48. The summed E-state index contributed by atoms with van der Waals surface area (Å²) in [6, 6.07) is 0.119. The largest absolute Gasteiger partial charge is 0.396 e. The number of fused-ring (bicyclic) bond motifs is 2. The highest BCUT2D eigenvalue weighted by atomic mass is 32.1. The predicted octanol–water partition coefficient (Wildman–Crippen LogP) is 1.73. The molecule has 6 heteroatoms. The quantitative estimate of drug-likeness (QED) is 0.869. The van der Waals surface area contributed by atoms with E-state index in [4.69, 9.17) is 4.74 Å². The number of methoxy groups -OCH3 is 1. The highest BCUT2D eigenvalue weighted by Gasteiger charge is 2.47. The number of aromatic nitrogens is 1. The van der Waals surface area contributed by atoms with E-state index in [1.165, 1.54) is 24.2 Å². The van der Waals surface area contributed by atoms with Crippen LogP contribution in [0.1, 0.15) is 39.6 Å². The van der Waals surface area contributed by atoms with Crippen LogP contribution >= 0.6 is 11.3 Å². The lowest BCUT2D eigenvalue weighted by Gasteiger charge is -2.30. The van der Waals surface area contributed by atoms with Gasteiger partial charge < -0.3 is 15.2 Å². The number of rotatable bonds is 5. The average molecular weight is 310 g/mol. The van der Waals surface area contributed by atoms with Crippen molar-refractivity contribution in [2.24, 2.45) is 17.8 Å². The first-order valence-electron chi connectivity index (χ1n) is 7.51. The maximum absolute atomic E-state index is 12.5. The highest BCUT2D eigenvalue weighted by molar-refractivity contribution is 7.13. The van der Waals surface area contributed by atoms with E-state index in [2.05, 4.69) is 10.3 Å². The summed E-state index contributed by atoms with van der Waals surface area (Å²) in [5.74, 6) is 1.28. The molecule has 2 aliphatic carbocycles. The Balaban J connectivity index is 1.71. The minimum absolute atomic E-state index is 0.0525. The molecule has 2 saturated carbocycles. The first-order valence-corrected chi connectivity index (χ1v) is 8.32. The van der Waals surface area contributed by atoms with Gasteiger partial charge in [0, 0.05) is 25.7 Å². The summed E-state index contributed by atoms with van der Waals surface area (Å²) in [6.45, 7) is 2.46. The molecule has 1 heterocycles. The Bertz CT molecular complexity index is 531. The summed E-state index contributed by atoms with van der Waals surface area (Å²) >= 11 is 1.39. The van der Waals surface area contributed by atoms with E-state index >= 15 is 0 Å². The van der Waals surface area contributed by atoms with Gasteiger partial charge in [0.25, 0.3) is 5.91 Å². The zero-order chi connectivity index (χ0) is 15.0. The van der Waals surface area contributed by atoms with Gasteiger partial charge in [0.05, 0.1) is 12.3 Å². The third-order valence-electron chi connectivity index (χ3n) is 4.91. The number of aliphatic hydroxyl groups excluding tert-OH is 1.